The van der Waals surface area contributed by atoms with Crippen LogP contribution in [0.4, 0.5) is 0 Å². The number of nitrogens with one attached hydrogen (secondary N) is 1. The Kier molecular flexibility index (Phi) is 11.8. The van der Waals surface area contributed by atoms with E-state index in [0.29, 0.717) is 19.4 Å². The van der Waals surface area contributed by atoms with E-state index < -0.39 is 24.7 Å². The summed E-state index contributed by atoms with van der Waals surface area (Å²) in [6, 6.07) is -0.787. The number of rotatable bonds is 9. The number of aliphatic carboxylic acids is 1. The monoisotopic (exact) mass is 284 g/mol. The first kappa shape index (κ1) is 19.3. The van der Waals surface area contributed by atoms with Crippen molar-refractivity contribution in [1.29, 1.82) is 0 Å². The van der Waals surface area contributed by atoms with Gasteiger partial charge in [-0.15, -0.1) is 12.4 Å². The number of carboxylic acids is 1. The Labute approximate surface area is 111 Å². The molecule has 0 saturated heterocycles. The van der Waals surface area contributed by atoms with E-state index in [1.807, 2.05) is 0 Å². The Morgan fingerprint density at radius 2 is 2.00 bits per heavy atom. The van der Waals surface area contributed by atoms with Gasteiger partial charge in [0, 0.05) is 13.1 Å². The molecular weight excluding hydrogens is 264 g/mol. The Morgan fingerprint density at radius 3 is 2.44 bits per heavy atom. The van der Waals surface area contributed by atoms with Crippen LogP contribution in [0.15, 0.2) is 4.99 Å². The van der Waals surface area contributed by atoms with Crippen molar-refractivity contribution in [3.63, 3.8) is 0 Å². The Morgan fingerprint density at radius 1 is 1.39 bits per heavy atom. The molecule has 8 N–H and O–H groups in total. The van der Waals surface area contributed by atoms with Crippen molar-refractivity contribution < 1.29 is 20.1 Å². The molecule has 0 rings (SSSR count). The molecule has 0 aromatic heterocycles. The Balaban J connectivity index is 0. The molecule has 0 amide bonds. The predicted molar refractivity (Wildman–Crippen MR) is 69.7 cm³/mol. The van der Waals surface area contributed by atoms with Gasteiger partial charge in [-0.25, -0.2) is 0 Å². The second-order valence-electron chi connectivity index (χ2n) is 3.58. The van der Waals surface area contributed by atoms with Crippen LogP contribution >= 0.6 is 12.4 Å². The maximum atomic E-state index is 10.8. The molecule has 108 valence electrons. The van der Waals surface area contributed by atoms with Gasteiger partial charge in [-0.1, -0.05) is 0 Å². The zero-order valence-corrected chi connectivity index (χ0v) is 10.8. The van der Waals surface area contributed by atoms with Crippen molar-refractivity contribution in [2.45, 2.75) is 25.0 Å². The first-order valence-electron chi connectivity index (χ1n) is 5.27. The fraction of sp³-hybridized carbons (Fsp3) is 0.778. The number of aliphatic hydroxyl groups is 2. The molecule has 8 nitrogen and oxygen atoms in total. The van der Waals surface area contributed by atoms with Crippen molar-refractivity contribution in [2.24, 2.45) is 16.5 Å². The molecule has 2 atom stereocenters. The normalized spacial score (nSPS) is 13.2. The lowest BCUT2D eigenvalue weighted by Gasteiger charge is -2.15. The summed E-state index contributed by atoms with van der Waals surface area (Å²) < 4.78 is 0. The van der Waals surface area contributed by atoms with Gasteiger partial charge in [-0.05, 0) is 12.8 Å². The van der Waals surface area contributed by atoms with Crippen LogP contribution in [0.2, 0.25) is 0 Å². The third kappa shape index (κ3) is 10.1. The topological polar surface area (TPSA) is 154 Å². The molecule has 0 aromatic rings. The highest BCUT2D eigenvalue weighted by Gasteiger charge is 2.17. The Bertz CT molecular complexity index is 261. The smallest absolute Gasteiger partial charge is 0.320 e. The number of aliphatic imine (C=N–C) groups is 1. The zero-order valence-electron chi connectivity index (χ0n) is 9.95. The predicted octanol–water partition coefficient (Wildman–Crippen LogP) is -2.14. The number of nitrogens with two attached hydrogens (primary N) is 2. The minimum Gasteiger partial charge on any atom is -0.480 e. The van der Waals surface area contributed by atoms with Crippen LogP contribution in [0.5, 0.6) is 0 Å². The molecule has 18 heavy (non-hydrogen) atoms. The minimum atomic E-state index is -1.01. The molecule has 0 aliphatic rings. The lowest BCUT2D eigenvalue weighted by Crippen LogP contribution is -2.41. The van der Waals surface area contributed by atoms with Crippen molar-refractivity contribution in [1.82, 2.24) is 5.32 Å². The van der Waals surface area contributed by atoms with Gasteiger partial charge in [0.2, 0.25) is 0 Å². The lowest BCUT2D eigenvalue weighted by atomic mass is 10.1. The summed E-state index contributed by atoms with van der Waals surface area (Å²) in [4.78, 5) is 14.6. The average Bonchev–Trinajstić information content (AvgIpc) is 2.26. The fourth-order valence-electron chi connectivity index (χ4n) is 1.16. The molecule has 9 heteroatoms. The maximum Gasteiger partial charge on any atom is 0.320 e. The van der Waals surface area contributed by atoms with Crippen LogP contribution in [0, 0.1) is 0 Å². The van der Waals surface area contributed by atoms with Crippen molar-refractivity contribution in [2.75, 3.05) is 19.7 Å². The molecule has 0 aliphatic heterocycles. The van der Waals surface area contributed by atoms with Crippen LogP contribution in [-0.4, -0.2) is 59.1 Å². The highest BCUT2D eigenvalue weighted by molar-refractivity contribution is 5.85. The average molecular weight is 285 g/mol. The standard InChI is InChI=1S/C9H20N4O4.ClH/c10-9(11)12-3-1-2-7(8(16)17)13-4-6(15)5-14;/h6-7,13-15H,1-5H2,(H,16,17)(H4,10,11,12);1H. The van der Waals surface area contributed by atoms with Crippen LogP contribution in [0.3, 0.4) is 0 Å². The van der Waals surface area contributed by atoms with E-state index in [1.165, 1.54) is 0 Å². The third-order valence-corrected chi connectivity index (χ3v) is 2.05. The summed E-state index contributed by atoms with van der Waals surface area (Å²) in [6.45, 7) is -0.0283. The second kappa shape index (κ2) is 11.0. The highest BCUT2D eigenvalue weighted by atomic mass is 35.5. The first-order chi connectivity index (χ1) is 7.97. The number of guanidine groups is 1. The second-order valence-corrected chi connectivity index (χ2v) is 3.58. The van der Waals surface area contributed by atoms with Gasteiger partial charge in [0.1, 0.15) is 6.04 Å². The van der Waals surface area contributed by atoms with E-state index in [2.05, 4.69) is 10.3 Å². The summed E-state index contributed by atoms with van der Waals surface area (Å²) in [6.07, 6.45) is -0.115. The molecule has 0 saturated carbocycles. The van der Waals surface area contributed by atoms with E-state index in [1.54, 1.807) is 0 Å². The van der Waals surface area contributed by atoms with Crippen LogP contribution in [-0.2, 0) is 4.79 Å². The van der Waals surface area contributed by atoms with E-state index in [0.717, 1.165) is 0 Å². The molecule has 0 heterocycles. The van der Waals surface area contributed by atoms with Crippen LogP contribution in [0.25, 0.3) is 0 Å². The fourth-order valence-corrected chi connectivity index (χ4v) is 1.16. The summed E-state index contributed by atoms with van der Waals surface area (Å²) in [5, 5.41) is 29.2. The summed E-state index contributed by atoms with van der Waals surface area (Å²) in [5.74, 6) is -1.04. The number of carbonyl (C=O) groups is 1. The molecule has 0 radical (unpaired) electrons. The molecule has 0 aromatic carbocycles. The minimum absolute atomic E-state index is 0. The van der Waals surface area contributed by atoms with Gasteiger partial charge < -0.3 is 32.1 Å². The number of hydrogen-bond acceptors (Lipinski definition) is 5. The summed E-state index contributed by atoms with van der Waals surface area (Å²) in [5.41, 5.74) is 10.2. The van der Waals surface area contributed by atoms with Gasteiger partial charge in [-0.3, -0.25) is 9.79 Å². The highest BCUT2D eigenvalue weighted by Crippen LogP contribution is 1.98. The molecular formula is C9H21ClN4O4. The van der Waals surface area contributed by atoms with Crippen molar-refractivity contribution in [3.05, 3.63) is 0 Å². The molecule has 0 aliphatic carbocycles. The number of aliphatic hydroxyl groups excluding tert-OH is 2. The number of hydrogen-bond donors (Lipinski definition) is 6. The molecule has 0 fully saturated rings. The van der Waals surface area contributed by atoms with E-state index in [4.69, 9.17) is 26.8 Å². The van der Waals surface area contributed by atoms with E-state index >= 15 is 0 Å². The number of nitrogens with zero attached hydrogens (tertiary/aromatic N) is 1. The maximum absolute atomic E-state index is 10.8. The summed E-state index contributed by atoms with van der Waals surface area (Å²) >= 11 is 0. The third-order valence-electron chi connectivity index (χ3n) is 2.05. The van der Waals surface area contributed by atoms with E-state index in [9.17, 15) is 4.79 Å². The quantitative estimate of drug-likeness (QED) is 0.160. The zero-order chi connectivity index (χ0) is 13.3. The van der Waals surface area contributed by atoms with Gasteiger partial charge in [0.15, 0.2) is 5.96 Å². The van der Waals surface area contributed by atoms with Gasteiger partial charge in [0.25, 0.3) is 0 Å². The van der Waals surface area contributed by atoms with Gasteiger partial charge >= 0.3 is 5.97 Å². The molecule has 0 spiro atoms. The van der Waals surface area contributed by atoms with Crippen molar-refractivity contribution >= 4 is 24.3 Å². The summed E-state index contributed by atoms with van der Waals surface area (Å²) in [7, 11) is 0. The number of halogens is 1. The van der Waals surface area contributed by atoms with Crippen molar-refractivity contribution in [3.8, 4) is 0 Å². The van der Waals surface area contributed by atoms with Crippen LogP contribution < -0.4 is 16.8 Å². The Hall–Kier alpha value is -1.09. The van der Waals surface area contributed by atoms with Gasteiger partial charge in [0.05, 0.1) is 12.7 Å². The van der Waals surface area contributed by atoms with Crippen LogP contribution in [0.1, 0.15) is 12.8 Å². The first-order valence-corrected chi connectivity index (χ1v) is 5.27. The largest absolute Gasteiger partial charge is 0.480 e. The molecule has 0 bridgehead atoms. The molecule has 2 unspecified atom stereocenters. The number of carboxylic acid groups (broad SMARTS) is 1. The SMILES string of the molecule is Cl.NC(N)=NCCCC(NCC(O)CO)C(=O)O. The van der Waals surface area contributed by atoms with Gasteiger partial charge in [-0.2, -0.15) is 0 Å². The lowest BCUT2D eigenvalue weighted by molar-refractivity contribution is -0.139. The van der Waals surface area contributed by atoms with E-state index in [-0.39, 0.29) is 24.9 Å².